The molecule has 0 aliphatic heterocycles. The van der Waals surface area contributed by atoms with E-state index in [0.29, 0.717) is 18.0 Å². The van der Waals surface area contributed by atoms with Crippen molar-refractivity contribution in [2.45, 2.75) is 38.3 Å². The van der Waals surface area contributed by atoms with Gasteiger partial charge < -0.3 is 5.73 Å². The van der Waals surface area contributed by atoms with Gasteiger partial charge in [0.1, 0.15) is 0 Å². The average molecular weight is 165 g/mol. The van der Waals surface area contributed by atoms with Crippen LogP contribution in [0.1, 0.15) is 37.8 Å². The molecule has 1 heterocycles. The highest BCUT2D eigenvalue weighted by Crippen LogP contribution is 2.38. The Hall–Kier alpha value is -0.830. The summed E-state index contributed by atoms with van der Waals surface area (Å²) in [6.45, 7) is 4.26. The maximum Gasteiger partial charge on any atom is 0.0525 e. The topological polar surface area (TPSA) is 43.8 Å². The first kappa shape index (κ1) is 7.80. The molecule has 1 saturated carbocycles. The highest BCUT2D eigenvalue weighted by atomic mass is 15.3. The summed E-state index contributed by atoms with van der Waals surface area (Å²) in [7, 11) is 0. The molecule has 3 heteroatoms. The first-order valence-corrected chi connectivity index (χ1v) is 4.48. The molecular weight excluding hydrogens is 150 g/mol. The van der Waals surface area contributed by atoms with Crippen molar-refractivity contribution in [3.8, 4) is 0 Å². The van der Waals surface area contributed by atoms with Gasteiger partial charge in [-0.15, -0.1) is 0 Å². The minimum absolute atomic E-state index is 0.384. The lowest BCUT2D eigenvalue weighted by atomic mass is 10.2. The Balaban J connectivity index is 2.14. The largest absolute Gasteiger partial charge is 0.327 e. The SMILES string of the molecule is CC(C)n1cc([C@@H]2C[C@H]2N)cn1. The van der Waals surface area contributed by atoms with Crippen molar-refractivity contribution in [1.82, 2.24) is 9.78 Å². The van der Waals surface area contributed by atoms with Gasteiger partial charge >= 0.3 is 0 Å². The molecule has 3 nitrogen and oxygen atoms in total. The van der Waals surface area contributed by atoms with E-state index in [4.69, 9.17) is 5.73 Å². The monoisotopic (exact) mass is 165 g/mol. The highest BCUT2D eigenvalue weighted by molar-refractivity contribution is 5.22. The van der Waals surface area contributed by atoms with Crippen LogP contribution in [0.2, 0.25) is 0 Å². The fraction of sp³-hybridized carbons (Fsp3) is 0.667. The molecule has 1 aromatic rings. The van der Waals surface area contributed by atoms with Crippen molar-refractivity contribution in [1.29, 1.82) is 0 Å². The number of hydrogen-bond acceptors (Lipinski definition) is 2. The van der Waals surface area contributed by atoms with Crippen molar-refractivity contribution in [3.05, 3.63) is 18.0 Å². The van der Waals surface area contributed by atoms with Crippen LogP contribution in [0.5, 0.6) is 0 Å². The van der Waals surface area contributed by atoms with Crippen LogP contribution in [-0.4, -0.2) is 15.8 Å². The molecule has 1 aliphatic carbocycles. The van der Waals surface area contributed by atoms with E-state index in [0.717, 1.165) is 6.42 Å². The molecule has 0 saturated heterocycles. The van der Waals surface area contributed by atoms with Crippen molar-refractivity contribution < 1.29 is 0 Å². The predicted molar refractivity (Wildman–Crippen MR) is 47.9 cm³/mol. The van der Waals surface area contributed by atoms with Gasteiger partial charge in [0, 0.05) is 24.2 Å². The van der Waals surface area contributed by atoms with Gasteiger partial charge in [-0.1, -0.05) is 0 Å². The van der Waals surface area contributed by atoms with E-state index in [1.54, 1.807) is 0 Å². The lowest BCUT2D eigenvalue weighted by Gasteiger charge is -2.02. The molecule has 1 fully saturated rings. The second kappa shape index (κ2) is 2.59. The smallest absolute Gasteiger partial charge is 0.0525 e. The van der Waals surface area contributed by atoms with E-state index in [9.17, 15) is 0 Å². The molecule has 2 atom stereocenters. The summed E-state index contributed by atoms with van der Waals surface area (Å²) >= 11 is 0. The summed E-state index contributed by atoms with van der Waals surface area (Å²) < 4.78 is 1.99. The molecule has 0 bridgehead atoms. The van der Waals surface area contributed by atoms with Crippen LogP contribution in [-0.2, 0) is 0 Å². The van der Waals surface area contributed by atoms with E-state index < -0.39 is 0 Å². The molecule has 0 unspecified atom stereocenters. The zero-order chi connectivity index (χ0) is 8.72. The zero-order valence-electron chi connectivity index (χ0n) is 7.57. The van der Waals surface area contributed by atoms with Crippen molar-refractivity contribution in [2.24, 2.45) is 5.73 Å². The molecule has 1 aliphatic rings. The van der Waals surface area contributed by atoms with E-state index in [2.05, 4.69) is 25.1 Å². The molecule has 2 rings (SSSR count). The first-order valence-electron chi connectivity index (χ1n) is 4.48. The fourth-order valence-electron chi connectivity index (χ4n) is 1.42. The van der Waals surface area contributed by atoms with Gasteiger partial charge in [-0.05, 0) is 25.8 Å². The zero-order valence-corrected chi connectivity index (χ0v) is 7.57. The summed E-state index contributed by atoms with van der Waals surface area (Å²) in [4.78, 5) is 0. The van der Waals surface area contributed by atoms with Crippen LogP contribution in [0.4, 0.5) is 0 Å². The summed E-state index contributed by atoms with van der Waals surface area (Å²) in [5.74, 6) is 0.581. The van der Waals surface area contributed by atoms with Crippen LogP contribution >= 0.6 is 0 Å². The Morgan fingerprint density at radius 1 is 1.67 bits per heavy atom. The summed E-state index contributed by atoms with van der Waals surface area (Å²) in [6, 6.07) is 0.837. The lowest BCUT2D eigenvalue weighted by Crippen LogP contribution is -2.01. The normalized spacial score (nSPS) is 28.0. The minimum atomic E-state index is 0.384. The van der Waals surface area contributed by atoms with Crippen molar-refractivity contribution in [2.75, 3.05) is 0 Å². The Labute approximate surface area is 72.6 Å². The third-order valence-electron chi connectivity index (χ3n) is 2.42. The quantitative estimate of drug-likeness (QED) is 0.717. The third kappa shape index (κ3) is 1.25. The second-order valence-electron chi connectivity index (χ2n) is 3.85. The van der Waals surface area contributed by atoms with Crippen LogP contribution < -0.4 is 5.73 Å². The number of rotatable bonds is 2. The number of aromatic nitrogens is 2. The molecule has 66 valence electrons. The molecule has 0 amide bonds. The van der Waals surface area contributed by atoms with E-state index in [-0.39, 0.29) is 0 Å². The maximum absolute atomic E-state index is 5.75. The summed E-state index contributed by atoms with van der Waals surface area (Å²) in [5.41, 5.74) is 7.05. The van der Waals surface area contributed by atoms with Gasteiger partial charge in [-0.2, -0.15) is 5.10 Å². The third-order valence-corrected chi connectivity index (χ3v) is 2.42. The molecular formula is C9H15N3. The van der Waals surface area contributed by atoms with Gasteiger partial charge in [0.15, 0.2) is 0 Å². The van der Waals surface area contributed by atoms with Crippen molar-refractivity contribution >= 4 is 0 Å². The Bertz CT molecular complexity index is 277. The highest BCUT2D eigenvalue weighted by Gasteiger charge is 2.35. The van der Waals surface area contributed by atoms with E-state index in [1.807, 2.05) is 10.9 Å². The number of nitrogens with two attached hydrogens (primary N) is 1. The summed E-state index contributed by atoms with van der Waals surface area (Å²) in [5, 5.41) is 4.27. The van der Waals surface area contributed by atoms with E-state index >= 15 is 0 Å². The number of nitrogens with zero attached hydrogens (tertiary/aromatic N) is 2. The Morgan fingerprint density at radius 3 is 2.75 bits per heavy atom. The molecule has 0 spiro atoms. The molecule has 0 radical (unpaired) electrons. The molecule has 1 aromatic heterocycles. The lowest BCUT2D eigenvalue weighted by molar-refractivity contribution is 0.532. The predicted octanol–water partition coefficient (Wildman–Crippen LogP) is 1.28. The van der Waals surface area contributed by atoms with Gasteiger partial charge in [0.25, 0.3) is 0 Å². The van der Waals surface area contributed by atoms with Gasteiger partial charge in [-0.3, -0.25) is 4.68 Å². The maximum atomic E-state index is 5.75. The van der Waals surface area contributed by atoms with Gasteiger partial charge in [0.2, 0.25) is 0 Å². The van der Waals surface area contributed by atoms with Crippen LogP contribution in [0, 0.1) is 0 Å². The molecule has 0 aromatic carbocycles. The molecule has 12 heavy (non-hydrogen) atoms. The minimum Gasteiger partial charge on any atom is -0.327 e. The van der Waals surface area contributed by atoms with Crippen molar-refractivity contribution in [3.63, 3.8) is 0 Å². The fourth-order valence-corrected chi connectivity index (χ4v) is 1.42. The average Bonchev–Trinajstić information content (AvgIpc) is 2.59. The van der Waals surface area contributed by atoms with Crippen LogP contribution in [0.3, 0.4) is 0 Å². The van der Waals surface area contributed by atoms with Crippen LogP contribution in [0.25, 0.3) is 0 Å². The van der Waals surface area contributed by atoms with Crippen LogP contribution in [0.15, 0.2) is 12.4 Å². The molecule has 2 N–H and O–H groups in total. The first-order chi connectivity index (χ1) is 5.68. The number of hydrogen-bond donors (Lipinski definition) is 1. The van der Waals surface area contributed by atoms with Gasteiger partial charge in [0.05, 0.1) is 6.20 Å². The van der Waals surface area contributed by atoms with E-state index in [1.165, 1.54) is 5.56 Å². The second-order valence-corrected chi connectivity index (χ2v) is 3.85. The summed E-state index contributed by atoms with van der Waals surface area (Å²) in [6.07, 6.45) is 5.18. The standard InChI is InChI=1S/C9H15N3/c1-6(2)12-5-7(4-11-12)8-3-9(8)10/h4-6,8-9H,3,10H2,1-2H3/t8-,9+/m0/s1. The Morgan fingerprint density at radius 2 is 2.33 bits per heavy atom. The Kier molecular flexibility index (Phi) is 1.68. The van der Waals surface area contributed by atoms with Gasteiger partial charge in [-0.25, -0.2) is 0 Å².